The molecule has 0 aromatic heterocycles. The molecule has 0 amide bonds. The number of fused-ring (bicyclic) bond motifs is 3. The molecule has 3 fully saturated rings. The van der Waals surface area contributed by atoms with E-state index in [1.807, 2.05) is 0 Å². The molecule has 0 nitrogen and oxygen atoms in total. The monoisotopic (exact) mass is 418 g/mol. The first-order chi connectivity index (χ1) is 14.6. The third kappa shape index (κ3) is 3.85. The Morgan fingerprint density at radius 1 is 0.645 bits per heavy atom. The van der Waals surface area contributed by atoms with Crippen molar-refractivity contribution < 1.29 is 0 Å². The minimum absolute atomic E-state index is 0.405. The Bertz CT molecular complexity index is 750. The van der Waals surface area contributed by atoms with Crippen molar-refractivity contribution in [2.75, 3.05) is 0 Å². The smallest absolute Gasteiger partial charge is 0.00954 e. The lowest BCUT2D eigenvalue weighted by molar-refractivity contribution is 0.0319. The molecule has 31 heavy (non-hydrogen) atoms. The van der Waals surface area contributed by atoms with Crippen LogP contribution in [0.2, 0.25) is 0 Å². The van der Waals surface area contributed by atoms with E-state index in [-0.39, 0.29) is 0 Å². The topological polar surface area (TPSA) is 0 Å². The van der Waals surface area contributed by atoms with Crippen molar-refractivity contribution in [1.29, 1.82) is 0 Å². The van der Waals surface area contributed by atoms with Crippen molar-refractivity contribution >= 4 is 0 Å². The maximum Gasteiger partial charge on any atom is -0.00954 e. The summed E-state index contributed by atoms with van der Waals surface area (Å²) in [5, 5.41) is 0. The van der Waals surface area contributed by atoms with Crippen LogP contribution in [0.3, 0.4) is 0 Å². The van der Waals surface area contributed by atoms with Crippen LogP contribution >= 0.6 is 0 Å². The first-order valence-electron chi connectivity index (χ1n) is 13.3. The van der Waals surface area contributed by atoms with E-state index in [1.54, 1.807) is 0 Å². The molecule has 5 unspecified atom stereocenters. The molecule has 5 aliphatic carbocycles. The summed E-state index contributed by atoms with van der Waals surface area (Å²) in [6, 6.07) is 0. The average molecular weight is 419 g/mol. The van der Waals surface area contributed by atoms with Crippen LogP contribution in [0.25, 0.3) is 0 Å². The normalized spacial score (nSPS) is 43.2. The Morgan fingerprint density at radius 3 is 1.65 bits per heavy atom. The van der Waals surface area contributed by atoms with E-state index < -0.39 is 0 Å². The SMILES string of the molecule is CC1(C)CC([C@@H]2CCC(C(C)(C)C3C4C=CC=CC4C4C=CC=CC43)C2)CC(C)(C)C1. The van der Waals surface area contributed by atoms with Crippen molar-refractivity contribution in [3.63, 3.8) is 0 Å². The molecule has 0 heteroatoms. The van der Waals surface area contributed by atoms with Crippen molar-refractivity contribution in [2.45, 2.75) is 80.1 Å². The second kappa shape index (κ2) is 7.50. The highest BCUT2D eigenvalue weighted by atomic mass is 14.6. The molecule has 0 spiro atoms. The predicted octanol–water partition coefficient (Wildman–Crippen LogP) is 8.63. The molecule has 0 N–H and O–H groups in total. The Labute approximate surface area is 192 Å². The van der Waals surface area contributed by atoms with Gasteiger partial charge in [-0.3, -0.25) is 0 Å². The van der Waals surface area contributed by atoms with Gasteiger partial charge in [-0.05, 0) is 102 Å². The highest BCUT2D eigenvalue weighted by Crippen LogP contribution is 2.62. The van der Waals surface area contributed by atoms with Crippen molar-refractivity contribution in [3.8, 4) is 0 Å². The molecule has 6 atom stereocenters. The van der Waals surface area contributed by atoms with Gasteiger partial charge in [-0.15, -0.1) is 0 Å². The summed E-state index contributed by atoms with van der Waals surface area (Å²) < 4.78 is 0. The lowest BCUT2D eigenvalue weighted by Crippen LogP contribution is -2.39. The molecule has 0 bridgehead atoms. The average Bonchev–Trinajstić information content (AvgIpc) is 3.30. The van der Waals surface area contributed by atoms with E-state index in [9.17, 15) is 0 Å². The van der Waals surface area contributed by atoms with Crippen molar-refractivity contribution in [2.24, 2.45) is 63.6 Å². The fourth-order valence-electron chi connectivity index (χ4n) is 9.68. The van der Waals surface area contributed by atoms with Crippen LogP contribution in [0.1, 0.15) is 80.1 Å². The number of allylic oxidation sites excluding steroid dienone is 8. The summed E-state index contributed by atoms with van der Waals surface area (Å²) in [4.78, 5) is 0. The van der Waals surface area contributed by atoms with Gasteiger partial charge in [0.15, 0.2) is 0 Å². The van der Waals surface area contributed by atoms with Gasteiger partial charge < -0.3 is 0 Å². The summed E-state index contributed by atoms with van der Waals surface area (Å²) in [5.74, 6) is 6.40. The maximum atomic E-state index is 2.65. The van der Waals surface area contributed by atoms with Crippen molar-refractivity contribution in [3.05, 3.63) is 48.6 Å². The third-order valence-electron chi connectivity index (χ3n) is 10.4. The zero-order valence-corrected chi connectivity index (χ0v) is 21.0. The van der Waals surface area contributed by atoms with E-state index in [4.69, 9.17) is 0 Å². The Kier molecular flexibility index (Phi) is 5.27. The summed E-state index contributed by atoms with van der Waals surface area (Å²) in [6.45, 7) is 15.4. The summed E-state index contributed by atoms with van der Waals surface area (Å²) >= 11 is 0. The van der Waals surface area contributed by atoms with E-state index in [2.05, 4.69) is 90.2 Å². The summed E-state index contributed by atoms with van der Waals surface area (Å²) in [6.07, 6.45) is 28.2. The molecule has 3 saturated carbocycles. The van der Waals surface area contributed by atoms with Gasteiger partial charge in [0, 0.05) is 0 Å². The van der Waals surface area contributed by atoms with Crippen LogP contribution in [-0.4, -0.2) is 0 Å². The van der Waals surface area contributed by atoms with Gasteiger partial charge >= 0.3 is 0 Å². The second-order valence-corrected chi connectivity index (χ2v) is 14.1. The number of hydrogen-bond acceptors (Lipinski definition) is 0. The highest BCUT2D eigenvalue weighted by molar-refractivity contribution is 5.29. The van der Waals surface area contributed by atoms with Gasteiger partial charge in [-0.1, -0.05) is 90.2 Å². The van der Waals surface area contributed by atoms with Gasteiger partial charge in [-0.25, -0.2) is 0 Å². The Morgan fingerprint density at radius 2 is 1.13 bits per heavy atom. The lowest BCUT2D eigenvalue weighted by atomic mass is 9.58. The Balaban J connectivity index is 1.36. The Hall–Kier alpha value is -1.04. The van der Waals surface area contributed by atoms with Crippen LogP contribution in [-0.2, 0) is 0 Å². The van der Waals surface area contributed by atoms with Gasteiger partial charge in [0.25, 0.3) is 0 Å². The van der Waals surface area contributed by atoms with E-state index in [1.165, 1.54) is 38.5 Å². The van der Waals surface area contributed by atoms with Gasteiger partial charge in [0.1, 0.15) is 0 Å². The van der Waals surface area contributed by atoms with Crippen LogP contribution < -0.4 is 0 Å². The van der Waals surface area contributed by atoms with Crippen LogP contribution in [0, 0.1) is 63.6 Å². The predicted molar refractivity (Wildman–Crippen MR) is 134 cm³/mol. The van der Waals surface area contributed by atoms with Crippen LogP contribution in [0.5, 0.6) is 0 Å². The molecule has 0 heterocycles. The highest BCUT2D eigenvalue weighted by Gasteiger charge is 2.55. The number of rotatable bonds is 3. The first kappa shape index (κ1) is 21.8. The molecule has 0 saturated heterocycles. The molecule has 0 radical (unpaired) electrons. The molecule has 5 rings (SSSR count). The first-order valence-corrected chi connectivity index (χ1v) is 13.3. The largest absolute Gasteiger partial charge is 0.0805 e. The van der Waals surface area contributed by atoms with Crippen LogP contribution in [0.4, 0.5) is 0 Å². The molecule has 0 aliphatic heterocycles. The van der Waals surface area contributed by atoms with Crippen molar-refractivity contribution in [1.82, 2.24) is 0 Å². The fraction of sp³-hybridized carbons (Fsp3) is 0.742. The zero-order chi connectivity index (χ0) is 22.0. The molecule has 170 valence electrons. The van der Waals surface area contributed by atoms with Gasteiger partial charge in [-0.2, -0.15) is 0 Å². The second-order valence-electron chi connectivity index (χ2n) is 14.1. The van der Waals surface area contributed by atoms with E-state index in [0.717, 1.165) is 23.7 Å². The minimum atomic E-state index is 0.405. The molecular weight excluding hydrogens is 372 g/mol. The van der Waals surface area contributed by atoms with E-state index >= 15 is 0 Å². The van der Waals surface area contributed by atoms with Crippen LogP contribution in [0.15, 0.2) is 48.6 Å². The molecule has 0 aromatic rings. The summed E-state index contributed by atoms with van der Waals surface area (Å²) in [7, 11) is 0. The zero-order valence-electron chi connectivity index (χ0n) is 21.0. The van der Waals surface area contributed by atoms with E-state index in [0.29, 0.717) is 39.9 Å². The quantitative estimate of drug-likeness (QED) is 0.430. The molecular formula is C31H46. The minimum Gasteiger partial charge on any atom is -0.0805 e. The lowest BCUT2D eigenvalue weighted by Gasteiger charge is -2.47. The fourth-order valence-corrected chi connectivity index (χ4v) is 9.68. The molecule has 0 aromatic carbocycles. The number of hydrogen-bond donors (Lipinski definition) is 0. The van der Waals surface area contributed by atoms with Gasteiger partial charge in [0.2, 0.25) is 0 Å². The molecule has 5 aliphatic rings. The standard InChI is InChI=1S/C31H46/c1-29(2)18-22(19-30(3,4)20-29)21-15-16-23(17-21)31(5,6)28-26-13-9-7-11-24(26)25-12-8-10-14-27(25)28/h7-14,21-28H,15-20H2,1-6H3/t21-,23?,24?,25?,26?,27?,28?/m1/s1. The maximum absolute atomic E-state index is 2.65. The van der Waals surface area contributed by atoms with Gasteiger partial charge in [0.05, 0.1) is 0 Å². The summed E-state index contributed by atoms with van der Waals surface area (Å²) in [5.41, 5.74) is 1.44. The third-order valence-corrected chi connectivity index (χ3v) is 10.4.